The van der Waals surface area contributed by atoms with Crippen LogP contribution in [-0.2, 0) is 13.5 Å². The molecule has 6 heteroatoms. The van der Waals surface area contributed by atoms with E-state index in [4.69, 9.17) is 10.9 Å². The van der Waals surface area contributed by atoms with E-state index in [0.29, 0.717) is 6.42 Å². The lowest BCUT2D eigenvalue weighted by molar-refractivity contribution is 0.316. The molecule has 0 spiro atoms. The number of nitrogens with one attached hydrogen (secondary N) is 1. The van der Waals surface area contributed by atoms with Gasteiger partial charge in [-0.25, -0.2) is 0 Å². The van der Waals surface area contributed by atoms with Crippen LogP contribution in [-0.4, -0.2) is 26.9 Å². The number of amidine groups is 1. The van der Waals surface area contributed by atoms with Crippen LogP contribution in [0.4, 0.5) is 5.69 Å². The molecule has 6 nitrogen and oxygen atoms in total. The zero-order valence-electron chi connectivity index (χ0n) is 9.94. The number of anilines is 1. The molecule has 0 amide bonds. The molecule has 0 aliphatic carbocycles. The highest BCUT2D eigenvalue weighted by Gasteiger charge is 2.10. The summed E-state index contributed by atoms with van der Waals surface area (Å²) in [4.78, 5) is 0. The summed E-state index contributed by atoms with van der Waals surface area (Å²) in [6.07, 6.45) is 3.30. The standard InChI is InChI=1S/C10H19N5O/c1-4-8-9(6-15(3)13-8)12-7(2)5-10(11)14-16/h6-7,12,16H,4-5H2,1-3H3,(H2,11,14). The fraction of sp³-hybridized carbons (Fsp3) is 0.600. The molecule has 1 heterocycles. The molecule has 0 aliphatic rings. The Labute approximate surface area is 95.1 Å². The quantitative estimate of drug-likeness (QED) is 0.301. The molecule has 1 rings (SSSR count). The Balaban J connectivity index is 2.65. The van der Waals surface area contributed by atoms with E-state index in [0.717, 1.165) is 17.8 Å². The second-order valence-corrected chi connectivity index (χ2v) is 3.86. The summed E-state index contributed by atoms with van der Waals surface area (Å²) < 4.78 is 1.78. The number of hydrogen-bond acceptors (Lipinski definition) is 4. The molecule has 1 aromatic rings. The van der Waals surface area contributed by atoms with Gasteiger partial charge in [0.05, 0.1) is 11.4 Å². The molecule has 16 heavy (non-hydrogen) atoms. The van der Waals surface area contributed by atoms with Crippen LogP contribution >= 0.6 is 0 Å². The van der Waals surface area contributed by atoms with Crippen molar-refractivity contribution in [3.05, 3.63) is 11.9 Å². The van der Waals surface area contributed by atoms with Gasteiger partial charge in [-0.1, -0.05) is 12.1 Å². The highest BCUT2D eigenvalue weighted by molar-refractivity contribution is 5.80. The van der Waals surface area contributed by atoms with E-state index in [1.165, 1.54) is 0 Å². The Hall–Kier alpha value is -1.72. The Bertz CT molecular complexity index is 371. The Morgan fingerprint density at radius 2 is 2.44 bits per heavy atom. The average molecular weight is 225 g/mol. The van der Waals surface area contributed by atoms with Crippen molar-refractivity contribution in [2.24, 2.45) is 17.9 Å². The maximum atomic E-state index is 8.47. The van der Waals surface area contributed by atoms with E-state index in [2.05, 4.69) is 22.5 Å². The fourth-order valence-corrected chi connectivity index (χ4v) is 1.59. The Kier molecular flexibility index (Phi) is 4.16. The van der Waals surface area contributed by atoms with Gasteiger partial charge in [0.1, 0.15) is 5.84 Å². The first-order valence-corrected chi connectivity index (χ1v) is 5.32. The third kappa shape index (κ3) is 3.15. The van der Waals surface area contributed by atoms with Crippen LogP contribution in [0, 0.1) is 0 Å². The van der Waals surface area contributed by atoms with Crippen molar-refractivity contribution in [3.63, 3.8) is 0 Å². The summed E-state index contributed by atoms with van der Waals surface area (Å²) in [6.45, 7) is 4.03. The molecule has 0 fully saturated rings. The van der Waals surface area contributed by atoms with Crippen LogP contribution in [0.3, 0.4) is 0 Å². The van der Waals surface area contributed by atoms with E-state index >= 15 is 0 Å². The molecule has 0 bridgehead atoms. The van der Waals surface area contributed by atoms with Crippen molar-refractivity contribution >= 4 is 11.5 Å². The summed E-state index contributed by atoms with van der Waals surface area (Å²) in [7, 11) is 1.89. The summed E-state index contributed by atoms with van der Waals surface area (Å²) in [5.74, 6) is 0.224. The van der Waals surface area contributed by atoms with Crippen molar-refractivity contribution in [3.8, 4) is 0 Å². The summed E-state index contributed by atoms with van der Waals surface area (Å²) in [5, 5.41) is 19.0. The van der Waals surface area contributed by atoms with Crippen molar-refractivity contribution in [2.45, 2.75) is 32.7 Å². The minimum Gasteiger partial charge on any atom is -0.409 e. The first-order chi connectivity index (χ1) is 7.56. The predicted molar refractivity (Wildman–Crippen MR) is 63.7 cm³/mol. The molecule has 0 aliphatic heterocycles. The van der Waals surface area contributed by atoms with Gasteiger partial charge in [-0.05, 0) is 13.3 Å². The average Bonchev–Trinajstić information content (AvgIpc) is 2.58. The first-order valence-electron chi connectivity index (χ1n) is 5.32. The molecule has 1 aromatic heterocycles. The van der Waals surface area contributed by atoms with Crippen molar-refractivity contribution in [1.29, 1.82) is 0 Å². The van der Waals surface area contributed by atoms with E-state index in [-0.39, 0.29) is 11.9 Å². The molecule has 0 saturated heterocycles. The lowest BCUT2D eigenvalue weighted by Crippen LogP contribution is -2.24. The number of aromatic nitrogens is 2. The van der Waals surface area contributed by atoms with Gasteiger partial charge in [-0.3, -0.25) is 4.68 Å². The van der Waals surface area contributed by atoms with Crippen LogP contribution in [0.25, 0.3) is 0 Å². The zero-order valence-corrected chi connectivity index (χ0v) is 9.94. The molecule has 1 atom stereocenters. The maximum Gasteiger partial charge on any atom is 0.141 e. The molecule has 1 unspecified atom stereocenters. The van der Waals surface area contributed by atoms with Crippen molar-refractivity contribution in [1.82, 2.24) is 9.78 Å². The molecule has 0 radical (unpaired) electrons. The normalized spacial score (nSPS) is 13.8. The third-order valence-corrected chi connectivity index (χ3v) is 2.29. The number of nitrogens with two attached hydrogens (primary N) is 1. The van der Waals surface area contributed by atoms with Crippen molar-refractivity contribution < 1.29 is 5.21 Å². The molecule has 0 aromatic carbocycles. The molecule has 0 saturated carbocycles. The summed E-state index contributed by atoms with van der Waals surface area (Å²) in [5.41, 5.74) is 7.47. The summed E-state index contributed by atoms with van der Waals surface area (Å²) in [6, 6.07) is 0.102. The molecule has 4 N–H and O–H groups in total. The van der Waals surface area contributed by atoms with Gasteiger partial charge in [0.2, 0.25) is 0 Å². The van der Waals surface area contributed by atoms with E-state index < -0.39 is 0 Å². The molecular formula is C10H19N5O. The number of aryl methyl sites for hydroxylation is 2. The van der Waals surface area contributed by atoms with Gasteiger partial charge in [0.25, 0.3) is 0 Å². The van der Waals surface area contributed by atoms with Gasteiger partial charge in [-0.2, -0.15) is 5.10 Å². The second kappa shape index (κ2) is 5.39. The van der Waals surface area contributed by atoms with Crippen molar-refractivity contribution in [2.75, 3.05) is 5.32 Å². The largest absolute Gasteiger partial charge is 0.409 e. The zero-order chi connectivity index (χ0) is 12.1. The van der Waals surface area contributed by atoms with Gasteiger partial charge in [-0.15, -0.1) is 0 Å². The number of nitrogens with zero attached hydrogens (tertiary/aromatic N) is 3. The second-order valence-electron chi connectivity index (χ2n) is 3.86. The highest BCUT2D eigenvalue weighted by atomic mass is 16.4. The van der Waals surface area contributed by atoms with Gasteiger partial charge in [0.15, 0.2) is 0 Å². The van der Waals surface area contributed by atoms with Crippen LogP contribution in [0.5, 0.6) is 0 Å². The maximum absolute atomic E-state index is 8.47. The van der Waals surface area contributed by atoms with Crippen LogP contribution in [0.2, 0.25) is 0 Å². The monoisotopic (exact) mass is 225 g/mol. The SMILES string of the molecule is CCc1nn(C)cc1NC(C)C/C(N)=N/O. The topological polar surface area (TPSA) is 88.5 Å². The van der Waals surface area contributed by atoms with Gasteiger partial charge >= 0.3 is 0 Å². The van der Waals surface area contributed by atoms with Crippen LogP contribution in [0.15, 0.2) is 11.4 Å². The predicted octanol–water partition coefficient (Wildman–Crippen LogP) is 0.919. The lowest BCUT2D eigenvalue weighted by Gasteiger charge is -2.13. The minimum atomic E-state index is 0.102. The lowest BCUT2D eigenvalue weighted by atomic mass is 10.2. The van der Waals surface area contributed by atoms with E-state index in [1.54, 1.807) is 4.68 Å². The number of hydrogen-bond donors (Lipinski definition) is 3. The molecular weight excluding hydrogens is 206 g/mol. The Morgan fingerprint density at radius 1 is 1.75 bits per heavy atom. The number of rotatable bonds is 5. The summed E-state index contributed by atoms with van der Waals surface area (Å²) >= 11 is 0. The fourth-order valence-electron chi connectivity index (χ4n) is 1.59. The van der Waals surface area contributed by atoms with Gasteiger partial charge < -0.3 is 16.3 Å². The van der Waals surface area contributed by atoms with E-state index in [9.17, 15) is 0 Å². The van der Waals surface area contributed by atoms with Gasteiger partial charge in [0, 0.05) is 25.7 Å². The minimum absolute atomic E-state index is 0.102. The smallest absolute Gasteiger partial charge is 0.141 e. The molecule has 90 valence electrons. The highest BCUT2D eigenvalue weighted by Crippen LogP contribution is 2.15. The number of oxime groups is 1. The van der Waals surface area contributed by atoms with E-state index in [1.807, 2.05) is 20.2 Å². The third-order valence-electron chi connectivity index (χ3n) is 2.29. The first kappa shape index (κ1) is 12.4. The van der Waals surface area contributed by atoms with Crippen LogP contribution in [0.1, 0.15) is 26.0 Å². The van der Waals surface area contributed by atoms with Crippen LogP contribution < -0.4 is 11.1 Å². The Morgan fingerprint density at radius 3 is 3.00 bits per heavy atom.